The summed E-state index contributed by atoms with van der Waals surface area (Å²) in [5.74, 6) is 0.857. The van der Waals surface area contributed by atoms with Gasteiger partial charge in [-0.2, -0.15) is 4.98 Å². The van der Waals surface area contributed by atoms with E-state index in [2.05, 4.69) is 15.0 Å². The molecule has 0 atom stereocenters. The van der Waals surface area contributed by atoms with E-state index in [9.17, 15) is 5.11 Å². The molecule has 0 unspecified atom stereocenters. The molecule has 19 heavy (non-hydrogen) atoms. The molecule has 0 amide bonds. The summed E-state index contributed by atoms with van der Waals surface area (Å²) in [5.41, 5.74) is 7.11. The van der Waals surface area contributed by atoms with Gasteiger partial charge in [-0.3, -0.25) is 0 Å². The van der Waals surface area contributed by atoms with Gasteiger partial charge in [0.1, 0.15) is 5.75 Å². The Morgan fingerprint density at radius 1 is 1.37 bits per heavy atom. The van der Waals surface area contributed by atoms with Crippen molar-refractivity contribution in [3.8, 4) is 17.1 Å². The SMILES string of the molecule is CN(C)CCc1ccc(O)c(-c2noc(CN)n2)c1. The summed E-state index contributed by atoms with van der Waals surface area (Å²) >= 11 is 0. The molecule has 0 aliphatic heterocycles. The third kappa shape index (κ3) is 3.30. The Kier molecular flexibility index (Phi) is 4.13. The van der Waals surface area contributed by atoms with Crippen LogP contribution in [0.25, 0.3) is 11.4 Å². The molecule has 0 saturated heterocycles. The highest BCUT2D eigenvalue weighted by molar-refractivity contribution is 5.64. The average Bonchev–Trinajstić information content (AvgIpc) is 2.86. The van der Waals surface area contributed by atoms with Gasteiger partial charge in [-0.15, -0.1) is 0 Å². The van der Waals surface area contributed by atoms with Gasteiger partial charge in [-0.05, 0) is 38.2 Å². The van der Waals surface area contributed by atoms with E-state index in [1.807, 2.05) is 26.2 Å². The fourth-order valence-corrected chi connectivity index (χ4v) is 1.72. The lowest BCUT2D eigenvalue weighted by molar-refractivity contribution is 0.380. The highest BCUT2D eigenvalue weighted by atomic mass is 16.5. The molecule has 2 rings (SSSR count). The Morgan fingerprint density at radius 3 is 2.79 bits per heavy atom. The Balaban J connectivity index is 2.26. The van der Waals surface area contributed by atoms with Gasteiger partial charge in [0.25, 0.3) is 0 Å². The largest absolute Gasteiger partial charge is 0.507 e. The fourth-order valence-electron chi connectivity index (χ4n) is 1.72. The second-order valence-electron chi connectivity index (χ2n) is 4.62. The first kappa shape index (κ1) is 13.5. The molecule has 2 aromatic rings. The number of phenolic OH excluding ortho intramolecular Hbond substituents is 1. The molecule has 0 spiro atoms. The van der Waals surface area contributed by atoms with E-state index in [1.54, 1.807) is 6.07 Å². The van der Waals surface area contributed by atoms with E-state index >= 15 is 0 Å². The second-order valence-corrected chi connectivity index (χ2v) is 4.62. The van der Waals surface area contributed by atoms with Gasteiger partial charge in [-0.1, -0.05) is 11.2 Å². The van der Waals surface area contributed by atoms with E-state index in [-0.39, 0.29) is 12.3 Å². The minimum atomic E-state index is 0.137. The van der Waals surface area contributed by atoms with Gasteiger partial charge in [0.15, 0.2) is 0 Å². The molecule has 3 N–H and O–H groups in total. The normalized spacial score (nSPS) is 11.2. The summed E-state index contributed by atoms with van der Waals surface area (Å²) in [7, 11) is 4.04. The molecule has 6 nitrogen and oxygen atoms in total. The zero-order chi connectivity index (χ0) is 13.8. The van der Waals surface area contributed by atoms with E-state index < -0.39 is 0 Å². The molecule has 1 aromatic carbocycles. The lowest BCUT2D eigenvalue weighted by Crippen LogP contribution is -2.15. The molecule has 0 radical (unpaired) electrons. The molecule has 1 heterocycles. The number of benzene rings is 1. The second kappa shape index (κ2) is 5.81. The van der Waals surface area contributed by atoms with Crippen molar-refractivity contribution in [2.45, 2.75) is 13.0 Å². The monoisotopic (exact) mass is 262 g/mol. The van der Waals surface area contributed by atoms with Crippen molar-refractivity contribution in [2.75, 3.05) is 20.6 Å². The van der Waals surface area contributed by atoms with Gasteiger partial charge in [0.2, 0.25) is 11.7 Å². The van der Waals surface area contributed by atoms with Crippen LogP contribution >= 0.6 is 0 Å². The van der Waals surface area contributed by atoms with Crippen molar-refractivity contribution < 1.29 is 9.63 Å². The van der Waals surface area contributed by atoms with Crippen LogP contribution in [0.1, 0.15) is 11.5 Å². The Bertz CT molecular complexity index is 551. The Labute approximate surface area is 111 Å². The summed E-state index contributed by atoms with van der Waals surface area (Å²) in [6.45, 7) is 1.12. The minimum Gasteiger partial charge on any atom is -0.507 e. The number of hydrogen-bond donors (Lipinski definition) is 2. The summed E-state index contributed by atoms with van der Waals surface area (Å²) in [6, 6.07) is 5.43. The van der Waals surface area contributed by atoms with Gasteiger partial charge in [-0.25, -0.2) is 0 Å². The summed E-state index contributed by atoms with van der Waals surface area (Å²) in [5, 5.41) is 13.7. The van der Waals surface area contributed by atoms with Crippen LogP contribution in [0.3, 0.4) is 0 Å². The maximum absolute atomic E-state index is 9.88. The van der Waals surface area contributed by atoms with Crippen LogP contribution in [0.2, 0.25) is 0 Å². The van der Waals surface area contributed by atoms with Crippen molar-refractivity contribution in [1.82, 2.24) is 15.0 Å². The zero-order valence-corrected chi connectivity index (χ0v) is 11.1. The number of nitrogens with zero attached hydrogens (tertiary/aromatic N) is 3. The third-order valence-corrected chi connectivity index (χ3v) is 2.79. The lowest BCUT2D eigenvalue weighted by Gasteiger charge is -2.10. The quantitative estimate of drug-likeness (QED) is 0.836. The standard InChI is InChI=1S/C13H18N4O2/c1-17(2)6-5-9-3-4-11(18)10(7-9)13-15-12(8-14)19-16-13/h3-4,7,18H,5-6,8,14H2,1-2H3. The minimum absolute atomic E-state index is 0.137. The Morgan fingerprint density at radius 2 is 2.16 bits per heavy atom. The fraction of sp³-hybridized carbons (Fsp3) is 0.385. The van der Waals surface area contributed by atoms with Crippen molar-refractivity contribution in [3.63, 3.8) is 0 Å². The van der Waals surface area contributed by atoms with Crippen molar-refractivity contribution in [1.29, 1.82) is 0 Å². The zero-order valence-electron chi connectivity index (χ0n) is 11.1. The molecule has 6 heteroatoms. The smallest absolute Gasteiger partial charge is 0.240 e. The van der Waals surface area contributed by atoms with E-state index in [0.717, 1.165) is 18.5 Å². The van der Waals surface area contributed by atoms with E-state index in [1.165, 1.54) is 0 Å². The number of rotatable bonds is 5. The topological polar surface area (TPSA) is 88.4 Å². The van der Waals surface area contributed by atoms with Gasteiger partial charge in [0.05, 0.1) is 12.1 Å². The highest BCUT2D eigenvalue weighted by Crippen LogP contribution is 2.28. The van der Waals surface area contributed by atoms with E-state index in [4.69, 9.17) is 10.3 Å². The molecule has 0 bridgehead atoms. The average molecular weight is 262 g/mol. The number of aromatic hydroxyl groups is 1. The highest BCUT2D eigenvalue weighted by Gasteiger charge is 2.12. The van der Waals surface area contributed by atoms with Crippen LogP contribution in [-0.2, 0) is 13.0 Å². The number of hydrogen-bond acceptors (Lipinski definition) is 6. The number of nitrogens with two attached hydrogens (primary N) is 1. The summed E-state index contributed by atoms with van der Waals surface area (Å²) < 4.78 is 4.96. The van der Waals surface area contributed by atoms with Crippen LogP contribution in [0.15, 0.2) is 22.7 Å². The first-order valence-corrected chi connectivity index (χ1v) is 6.10. The predicted molar refractivity (Wildman–Crippen MR) is 71.5 cm³/mol. The van der Waals surface area contributed by atoms with Crippen LogP contribution in [-0.4, -0.2) is 40.8 Å². The molecule has 1 aromatic heterocycles. The summed E-state index contributed by atoms with van der Waals surface area (Å²) in [6.07, 6.45) is 0.891. The van der Waals surface area contributed by atoms with E-state index in [0.29, 0.717) is 17.3 Å². The Hall–Kier alpha value is -1.92. The van der Waals surface area contributed by atoms with Crippen LogP contribution in [0.4, 0.5) is 0 Å². The molecular formula is C13H18N4O2. The number of phenols is 1. The van der Waals surface area contributed by atoms with Crippen LogP contribution in [0, 0.1) is 0 Å². The first-order valence-electron chi connectivity index (χ1n) is 6.10. The number of aromatic nitrogens is 2. The van der Waals surface area contributed by atoms with Gasteiger partial charge in [0, 0.05) is 6.54 Å². The third-order valence-electron chi connectivity index (χ3n) is 2.79. The van der Waals surface area contributed by atoms with Gasteiger partial charge >= 0.3 is 0 Å². The van der Waals surface area contributed by atoms with Crippen molar-refractivity contribution >= 4 is 0 Å². The molecule has 0 aliphatic rings. The maximum atomic E-state index is 9.88. The molecule has 102 valence electrons. The molecule has 0 aliphatic carbocycles. The molecule has 0 fully saturated rings. The molecular weight excluding hydrogens is 244 g/mol. The molecule has 0 saturated carbocycles. The number of likely N-dealkylation sites (N-methyl/N-ethyl adjacent to an activating group) is 1. The van der Waals surface area contributed by atoms with Gasteiger partial charge < -0.3 is 20.3 Å². The van der Waals surface area contributed by atoms with Crippen molar-refractivity contribution in [3.05, 3.63) is 29.7 Å². The van der Waals surface area contributed by atoms with Crippen molar-refractivity contribution in [2.24, 2.45) is 5.73 Å². The van der Waals surface area contributed by atoms with Crippen LogP contribution in [0.5, 0.6) is 5.75 Å². The first-order chi connectivity index (χ1) is 9.10. The predicted octanol–water partition coefficient (Wildman–Crippen LogP) is 1.00. The lowest BCUT2D eigenvalue weighted by atomic mass is 10.1. The van der Waals surface area contributed by atoms with Crippen LogP contribution < -0.4 is 5.73 Å². The maximum Gasteiger partial charge on any atom is 0.240 e. The summed E-state index contributed by atoms with van der Waals surface area (Å²) in [4.78, 5) is 6.23.